The largest absolute Gasteiger partial charge is 0.472 e. The molecule has 0 fully saturated rings. The Labute approximate surface area is 568 Å². The van der Waals surface area contributed by atoms with Crippen molar-refractivity contribution in [2.45, 2.75) is 400 Å². The molecular weight excluding hydrogens is 1220 g/mol. The fourth-order valence-electron chi connectivity index (χ4n) is 11.3. The monoisotopic (exact) mass is 1370 g/mol. The van der Waals surface area contributed by atoms with Crippen LogP contribution in [0.1, 0.15) is 382 Å². The van der Waals surface area contributed by atoms with Gasteiger partial charge in [-0.25, -0.2) is 9.13 Å². The molecule has 0 radical (unpaired) electrons. The molecule has 0 aliphatic carbocycles. The van der Waals surface area contributed by atoms with Gasteiger partial charge in [-0.1, -0.05) is 330 Å². The average Bonchev–Trinajstić information content (AvgIpc) is 1.60. The predicted octanol–water partition coefficient (Wildman–Crippen LogP) is 21.6. The number of hydrogen-bond acceptors (Lipinski definition) is 15. The van der Waals surface area contributed by atoms with Gasteiger partial charge < -0.3 is 33.8 Å². The van der Waals surface area contributed by atoms with E-state index in [0.29, 0.717) is 25.7 Å². The van der Waals surface area contributed by atoms with E-state index in [2.05, 4.69) is 41.5 Å². The number of rotatable bonds is 73. The molecule has 0 aromatic carbocycles. The van der Waals surface area contributed by atoms with Crippen LogP contribution in [-0.4, -0.2) is 96.7 Å². The van der Waals surface area contributed by atoms with Crippen molar-refractivity contribution in [3.8, 4) is 0 Å². The van der Waals surface area contributed by atoms with Crippen molar-refractivity contribution >= 4 is 39.5 Å². The lowest BCUT2D eigenvalue weighted by Crippen LogP contribution is -2.30. The minimum atomic E-state index is -4.95. The third-order valence-corrected chi connectivity index (χ3v) is 19.5. The molecule has 6 atom stereocenters. The highest BCUT2D eigenvalue weighted by Gasteiger charge is 2.30. The number of carbonyl (C=O) groups is 4. The van der Waals surface area contributed by atoms with Gasteiger partial charge >= 0.3 is 39.5 Å². The Bertz CT molecular complexity index is 1810. The van der Waals surface area contributed by atoms with Crippen LogP contribution in [0.3, 0.4) is 0 Å². The first kappa shape index (κ1) is 91.1. The van der Waals surface area contributed by atoms with Crippen molar-refractivity contribution in [2.75, 3.05) is 39.6 Å². The SMILES string of the molecule is CCCCCCCCCCCCCCCCCCCC(=O)OC[C@H](COP(=O)(O)OC[C@@H](O)COP(=O)(O)OC[C@@H](COC(=O)CCCCCCC)OC(=O)CCCCCCCCC(C)CC)OC(=O)CCCCCCCCCCCCCCCCCCCCC(C)C. The molecule has 0 saturated carbocycles. The number of unbranched alkanes of at least 4 members (excludes halogenated alkanes) is 42. The molecule has 19 heteroatoms. The van der Waals surface area contributed by atoms with Gasteiger partial charge in [0.05, 0.1) is 26.4 Å². The number of aliphatic hydroxyl groups is 1. The third-order valence-electron chi connectivity index (χ3n) is 17.6. The first-order valence-corrected chi connectivity index (χ1v) is 41.5. The number of hydrogen-bond donors (Lipinski definition) is 3. The van der Waals surface area contributed by atoms with Gasteiger partial charge in [0.2, 0.25) is 0 Å². The number of ether oxygens (including phenoxy) is 4. The van der Waals surface area contributed by atoms with Crippen molar-refractivity contribution in [1.29, 1.82) is 0 Å². The van der Waals surface area contributed by atoms with Gasteiger partial charge in [-0.3, -0.25) is 37.3 Å². The van der Waals surface area contributed by atoms with Gasteiger partial charge in [-0.2, -0.15) is 0 Å². The second-order valence-corrected chi connectivity index (χ2v) is 30.3. The summed E-state index contributed by atoms with van der Waals surface area (Å²) in [4.78, 5) is 72.4. The molecule has 0 spiro atoms. The van der Waals surface area contributed by atoms with Crippen LogP contribution in [0.4, 0.5) is 0 Å². The summed E-state index contributed by atoms with van der Waals surface area (Å²) >= 11 is 0. The molecule has 0 aliphatic rings. The zero-order valence-electron chi connectivity index (χ0n) is 60.6. The van der Waals surface area contributed by atoms with Crippen LogP contribution < -0.4 is 0 Å². The molecule has 0 aromatic rings. The third kappa shape index (κ3) is 67.0. The molecule has 3 N–H and O–H groups in total. The topological polar surface area (TPSA) is 237 Å². The summed E-state index contributed by atoms with van der Waals surface area (Å²) in [6.45, 7) is 9.47. The molecule has 17 nitrogen and oxygen atoms in total. The van der Waals surface area contributed by atoms with Gasteiger partial charge in [0.15, 0.2) is 12.2 Å². The Morgan fingerprint density at radius 2 is 0.548 bits per heavy atom. The zero-order chi connectivity index (χ0) is 68.6. The van der Waals surface area contributed by atoms with Gasteiger partial charge in [-0.05, 0) is 37.5 Å². The van der Waals surface area contributed by atoms with E-state index in [0.717, 1.165) is 108 Å². The lowest BCUT2D eigenvalue weighted by atomic mass is 10.00. The van der Waals surface area contributed by atoms with Crippen LogP contribution in [0.2, 0.25) is 0 Å². The summed E-state index contributed by atoms with van der Waals surface area (Å²) in [6, 6.07) is 0. The van der Waals surface area contributed by atoms with E-state index >= 15 is 0 Å². The fourth-order valence-corrected chi connectivity index (χ4v) is 12.8. The molecule has 552 valence electrons. The Balaban J connectivity index is 5.12. The highest BCUT2D eigenvalue weighted by molar-refractivity contribution is 7.47. The van der Waals surface area contributed by atoms with Crippen LogP contribution >= 0.6 is 15.6 Å². The highest BCUT2D eigenvalue weighted by atomic mass is 31.2. The number of aliphatic hydroxyl groups excluding tert-OH is 1. The second-order valence-electron chi connectivity index (χ2n) is 27.4. The van der Waals surface area contributed by atoms with E-state index in [1.807, 2.05) is 0 Å². The summed E-state index contributed by atoms with van der Waals surface area (Å²) in [5, 5.41) is 10.6. The van der Waals surface area contributed by atoms with Crippen molar-refractivity contribution in [3.63, 3.8) is 0 Å². The first-order chi connectivity index (χ1) is 44.9. The lowest BCUT2D eigenvalue weighted by molar-refractivity contribution is -0.161. The van der Waals surface area contributed by atoms with Crippen molar-refractivity contribution in [3.05, 3.63) is 0 Å². The van der Waals surface area contributed by atoms with E-state index < -0.39 is 97.5 Å². The van der Waals surface area contributed by atoms with Crippen molar-refractivity contribution in [1.82, 2.24) is 0 Å². The number of phosphoric acid groups is 2. The normalized spacial score (nSPS) is 14.3. The minimum Gasteiger partial charge on any atom is -0.462 e. The van der Waals surface area contributed by atoms with E-state index in [1.54, 1.807) is 0 Å². The molecule has 0 aliphatic heterocycles. The Hall–Kier alpha value is -1.94. The van der Waals surface area contributed by atoms with Crippen LogP contribution in [0.5, 0.6) is 0 Å². The molecule has 0 heterocycles. The Morgan fingerprint density at radius 1 is 0.312 bits per heavy atom. The molecule has 93 heavy (non-hydrogen) atoms. The van der Waals surface area contributed by atoms with Gasteiger partial charge in [-0.15, -0.1) is 0 Å². The highest BCUT2D eigenvalue weighted by Crippen LogP contribution is 2.45. The maximum absolute atomic E-state index is 13.1. The van der Waals surface area contributed by atoms with Gasteiger partial charge in [0.25, 0.3) is 0 Å². The quantitative estimate of drug-likeness (QED) is 0.0222. The van der Waals surface area contributed by atoms with E-state index in [4.69, 9.17) is 37.0 Å². The Morgan fingerprint density at radius 3 is 0.817 bits per heavy atom. The maximum atomic E-state index is 13.1. The number of phosphoric ester groups is 2. The lowest BCUT2D eigenvalue weighted by Gasteiger charge is -2.21. The molecule has 3 unspecified atom stereocenters. The van der Waals surface area contributed by atoms with Crippen LogP contribution in [0.15, 0.2) is 0 Å². The summed E-state index contributed by atoms with van der Waals surface area (Å²) in [5.41, 5.74) is 0. The van der Waals surface area contributed by atoms with E-state index in [1.165, 1.54) is 193 Å². The summed E-state index contributed by atoms with van der Waals surface area (Å²) < 4.78 is 68.2. The van der Waals surface area contributed by atoms with Crippen LogP contribution in [0, 0.1) is 11.8 Å². The maximum Gasteiger partial charge on any atom is 0.472 e. The van der Waals surface area contributed by atoms with Crippen LogP contribution in [0.25, 0.3) is 0 Å². The molecule has 0 saturated heterocycles. The summed E-state index contributed by atoms with van der Waals surface area (Å²) in [6.07, 6.45) is 53.4. The molecular formula is C74H144O17P2. The number of carbonyl (C=O) groups excluding carboxylic acids is 4. The standard InChI is InChI=1S/C74H144O17P2/c1-7-10-12-14-15-16-17-18-19-22-26-29-32-35-38-45-51-57-72(77)85-63-70(90-73(78)58-52-46-39-36-33-30-27-24-21-20-23-25-28-31-34-37-43-48-54-66(4)5)65-89-93(82,83)87-61-68(75)60-86-92(80,81)88-64-69(62-84-71(76)56-50-42-13-11-8-2)91-74(79)59-53-47-41-40-44-49-55-67(6)9-3/h66-70,75H,7-65H2,1-6H3,(H,80,81)(H,82,83)/t67?,68-,69+,70+/m0/s1. The molecule has 0 aromatic heterocycles. The van der Waals surface area contributed by atoms with E-state index in [-0.39, 0.29) is 25.7 Å². The molecule has 0 bridgehead atoms. The molecule has 0 amide bonds. The van der Waals surface area contributed by atoms with Gasteiger partial charge in [0.1, 0.15) is 19.3 Å². The van der Waals surface area contributed by atoms with Crippen molar-refractivity contribution < 1.29 is 80.2 Å². The molecule has 0 rings (SSSR count). The minimum absolute atomic E-state index is 0.102. The second kappa shape index (κ2) is 66.0. The fraction of sp³-hybridized carbons (Fsp3) is 0.946. The number of esters is 4. The zero-order valence-corrected chi connectivity index (χ0v) is 62.3. The van der Waals surface area contributed by atoms with Gasteiger partial charge in [0, 0.05) is 25.7 Å². The summed E-state index contributed by atoms with van der Waals surface area (Å²) in [7, 11) is -9.90. The average molecular weight is 1370 g/mol. The van der Waals surface area contributed by atoms with E-state index in [9.17, 15) is 43.2 Å². The smallest absolute Gasteiger partial charge is 0.462 e. The predicted molar refractivity (Wildman–Crippen MR) is 377 cm³/mol. The van der Waals surface area contributed by atoms with Crippen molar-refractivity contribution in [2.24, 2.45) is 11.8 Å². The van der Waals surface area contributed by atoms with Crippen LogP contribution in [-0.2, 0) is 65.4 Å². The summed E-state index contributed by atoms with van der Waals surface area (Å²) in [5.74, 6) is -0.592. The Kier molecular flexibility index (Phi) is 64.6. The first-order valence-electron chi connectivity index (χ1n) is 38.5.